The second-order valence-corrected chi connectivity index (χ2v) is 11.8. The Morgan fingerprint density at radius 3 is 2.38 bits per heavy atom. The van der Waals surface area contributed by atoms with Crippen molar-refractivity contribution in [2.75, 3.05) is 62.4 Å². The fourth-order valence-electron chi connectivity index (χ4n) is 4.18. The zero-order chi connectivity index (χ0) is 23.5. The van der Waals surface area contributed by atoms with Crippen LogP contribution in [0.3, 0.4) is 0 Å². The van der Waals surface area contributed by atoms with Crippen molar-refractivity contribution in [3.63, 3.8) is 0 Å². The number of anilines is 2. The Balaban J connectivity index is 1.98. The fraction of sp³-hybridized carbons (Fsp3) is 0.650. The van der Waals surface area contributed by atoms with E-state index in [1.165, 1.54) is 14.7 Å². The summed E-state index contributed by atoms with van der Waals surface area (Å²) < 4.78 is 58.2. The zero-order valence-corrected chi connectivity index (χ0v) is 20.4. The summed E-state index contributed by atoms with van der Waals surface area (Å²) in [4.78, 5) is 15.2. The maximum atomic E-state index is 13.1. The topological polar surface area (TPSA) is 116 Å². The van der Waals surface area contributed by atoms with Gasteiger partial charge in [0.25, 0.3) is 0 Å². The molecule has 1 N–H and O–H groups in total. The number of hydrogen-bond donors (Lipinski definition) is 1. The average molecular weight is 489 g/mol. The predicted molar refractivity (Wildman–Crippen MR) is 123 cm³/mol. The van der Waals surface area contributed by atoms with Crippen molar-refractivity contribution in [3.05, 3.63) is 18.2 Å². The van der Waals surface area contributed by atoms with Gasteiger partial charge in [-0.15, -0.1) is 0 Å². The van der Waals surface area contributed by atoms with E-state index in [9.17, 15) is 21.6 Å². The molecule has 32 heavy (non-hydrogen) atoms. The van der Waals surface area contributed by atoms with E-state index in [-0.39, 0.29) is 4.90 Å². The fourth-order valence-corrected chi connectivity index (χ4v) is 6.79. The van der Waals surface area contributed by atoms with Crippen molar-refractivity contribution in [1.82, 2.24) is 8.61 Å². The molecular formula is C20H32N4O6S2. The van der Waals surface area contributed by atoms with Crippen LogP contribution in [0.2, 0.25) is 0 Å². The Hall–Kier alpha value is -1.73. The number of benzene rings is 1. The average Bonchev–Trinajstić information content (AvgIpc) is 3.26. The Morgan fingerprint density at radius 1 is 1.12 bits per heavy atom. The van der Waals surface area contributed by atoms with Crippen LogP contribution in [0.4, 0.5) is 11.4 Å². The number of nitrogens with zero attached hydrogens (tertiary/aromatic N) is 3. The summed E-state index contributed by atoms with van der Waals surface area (Å²) in [5.41, 5.74) is 1.04. The van der Waals surface area contributed by atoms with E-state index >= 15 is 0 Å². The Labute approximate surface area is 190 Å². The van der Waals surface area contributed by atoms with Crippen LogP contribution in [0.5, 0.6) is 0 Å². The lowest BCUT2D eigenvalue weighted by Crippen LogP contribution is -2.43. The van der Waals surface area contributed by atoms with E-state index in [4.69, 9.17) is 4.74 Å². The van der Waals surface area contributed by atoms with Crippen LogP contribution in [-0.4, -0.2) is 89.6 Å². The lowest BCUT2D eigenvalue weighted by molar-refractivity contribution is -0.119. The molecule has 1 atom stereocenters. The highest BCUT2D eigenvalue weighted by molar-refractivity contribution is 7.89. The number of nitrogens with one attached hydrogen (secondary N) is 1. The quantitative estimate of drug-likeness (QED) is 0.578. The maximum absolute atomic E-state index is 13.1. The molecule has 2 heterocycles. The van der Waals surface area contributed by atoms with Gasteiger partial charge in [0.2, 0.25) is 26.0 Å². The third-order valence-electron chi connectivity index (χ3n) is 5.85. The molecule has 12 heteroatoms. The molecule has 180 valence electrons. The number of amides is 1. The number of morpholine rings is 1. The predicted octanol–water partition coefficient (Wildman–Crippen LogP) is 0.916. The van der Waals surface area contributed by atoms with Gasteiger partial charge in [-0.1, -0.05) is 13.8 Å². The third-order valence-corrected chi connectivity index (χ3v) is 9.19. The van der Waals surface area contributed by atoms with E-state index in [1.807, 2.05) is 4.90 Å². The monoisotopic (exact) mass is 488 g/mol. The van der Waals surface area contributed by atoms with Crippen LogP contribution < -0.4 is 10.2 Å². The molecule has 2 saturated heterocycles. The van der Waals surface area contributed by atoms with Gasteiger partial charge in [-0.25, -0.2) is 16.8 Å². The van der Waals surface area contributed by atoms with Crippen LogP contribution in [0.1, 0.15) is 26.7 Å². The number of carbonyl (C=O) groups excluding carboxylic acids is 1. The Morgan fingerprint density at radius 2 is 1.78 bits per heavy atom. The first kappa shape index (κ1) is 24.9. The largest absolute Gasteiger partial charge is 0.378 e. The highest BCUT2D eigenvalue weighted by atomic mass is 32.2. The molecule has 0 spiro atoms. The van der Waals surface area contributed by atoms with E-state index < -0.39 is 32.0 Å². The standard InChI is InChI=1S/C20H32N4O6S2/c1-4-23(5-2)32(28,29)16-8-9-18(22-11-13-30-14-12-22)17(15-16)21-20(25)19-7-6-10-24(19)31(3,26)27/h8-9,15,19H,4-7,10-14H2,1-3H3,(H,21,25)/t19-/m0/s1. The number of ether oxygens (including phenoxy) is 1. The molecule has 3 rings (SSSR count). The van der Waals surface area contributed by atoms with Crippen molar-refractivity contribution in [3.8, 4) is 0 Å². The van der Waals surface area contributed by atoms with Gasteiger partial charge in [0, 0.05) is 32.7 Å². The molecular weight excluding hydrogens is 456 g/mol. The zero-order valence-electron chi connectivity index (χ0n) is 18.8. The SMILES string of the molecule is CCN(CC)S(=O)(=O)c1ccc(N2CCOCC2)c(NC(=O)[C@@H]2CCCN2S(C)(=O)=O)c1. The molecule has 10 nitrogen and oxygen atoms in total. The van der Waals surface area contributed by atoms with Gasteiger partial charge in [0.1, 0.15) is 6.04 Å². The normalized spacial score (nSPS) is 20.6. The highest BCUT2D eigenvalue weighted by Crippen LogP contribution is 2.32. The molecule has 0 saturated carbocycles. The van der Waals surface area contributed by atoms with Crippen molar-refractivity contribution in [2.24, 2.45) is 0 Å². The smallest absolute Gasteiger partial charge is 0.243 e. The minimum Gasteiger partial charge on any atom is -0.378 e. The van der Waals surface area contributed by atoms with Gasteiger partial charge in [-0.05, 0) is 31.0 Å². The Kier molecular flexibility index (Phi) is 7.81. The minimum absolute atomic E-state index is 0.0832. The summed E-state index contributed by atoms with van der Waals surface area (Å²) in [6, 6.07) is 3.90. The second kappa shape index (κ2) is 10.0. The summed E-state index contributed by atoms with van der Waals surface area (Å²) in [5.74, 6) is -0.458. The lowest BCUT2D eigenvalue weighted by Gasteiger charge is -2.31. The van der Waals surface area contributed by atoms with E-state index in [0.29, 0.717) is 70.2 Å². The highest BCUT2D eigenvalue weighted by Gasteiger charge is 2.37. The Bertz CT molecular complexity index is 1030. The molecule has 2 aliphatic heterocycles. The second-order valence-electron chi connectivity index (χ2n) is 7.89. The summed E-state index contributed by atoms with van der Waals surface area (Å²) >= 11 is 0. The molecule has 1 aromatic rings. The van der Waals surface area contributed by atoms with E-state index in [0.717, 1.165) is 6.26 Å². The van der Waals surface area contributed by atoms with Gasteiger partial charge >= 0.3 is 0 Å². The summed E-state index contributed by atoms with van der Waals surface area (Å²) in [6.07, 6.45) is 2.11. The molecule has 0 bridgehead atoms. The minimum atomic E-state index is -3.73. The number of carbonyl (C=O) groups is 1. The van der Waals surface area contributed by atoms with Crippen molar-refractivity contribution in [1.29, 1.82) is 0 Å². The van der Waals surface area contributed by atoms with Crippen molar-refractivity contribution < 1.29 is 26.4 Å². The van der Waals surface area contributed by atoms with Crippen LogP contribution in [-0.2, 0) is 29.6 Å². The summed E-state index contributed by atoms with van der Waals surface area (Å²) in [7, 11) is -7.25. The van der Waals surface area contributed by atoms with Crippen molar-refractivity contribution in [2.45, 2.75) is 37.6 Å². The number of hydrogen-bond acceptors (Lipinski definition) is 7. The molecule has 0 aliphatic carbocycles. The van der Waals surface area contributed by atoms with Crippen LogP contribution >= 0.6 is 0 Å². The molecule has 2 aliphatic rings. The first-order chi connectivity index (χ1) is 15.1. The number of rotatable bonds is 8. The third kappa shape index (κ3) is 5.25. The molecule has 2 fully saturated rings. The van der Waals surface area contributed by atoms with Gasteiger partial charge < -0.3 is 15.0 Å². The summed E-state index contributed by atoms with van der Waals surface area (Å²) in [5, 5.41) is 2.83. The van der Waals surface area contributed by atoms with Crippen molar-refractivity contribution >= 4 is 37.3 Å². The molecule has 1 amide bonds. The van der Waals surface area contributed by atoms with Crippen LogP contribution in [0, 0.1) is 0 Å². The molecule has 1 aromatic carbocycles. The van der Waals surface area contributed by atoms with Gasteiger partial charge in [0.05, 0.1) is 35.7 Å². The van der Waals surface area contributed by atoms with Crippen LogP contribution in [0.15, 0.2) is 23.1 Å². The van der Waals surface area contributed by atoms with Gasteiger partial charge in [-0.2, -0.15) is 8.61 Å². The van der Waals surface area contributed by atoms with E-state index in [1.54, 1.807) is 26.0 Å². The number of sulfonamides is 2. The van der Waals surface area contributed by atoms with Gasteiger partial charge in [-0.3, -0.25) is 4.79 Å². The molecule has 0 radical (unpaired) electrons. The van der Waals surface area contributed by atoms with Gasteiger partial charge in [0.15, 0.2) is 0 Å². The molecule has 0 aromatic heterocycles. The lowest BCUT2D eigenvalue weighted by atomic mass is 10.2. The molecule has 0 unspecified atom stereocenters. The van der Waals surface area contributed by atoms with E-state index in [2.05, 4.69) is 5.32 Å². The maximum Gasteiger partial charge on any atom is 0.243 e. The first-order valence-corrected chi connectivity index (χ1v) is 14.1. The first-order valence-electron chi connectivity index (χ1n) is 10.8. The van der Waals surface area contributed by atoms with Crippen LogP contribution in [0.25, 0.3) is 0 Å². The summed E-state index contributed by atoms with van der Waals surface area (Å²) in [6.45, 7) is 6.75.